The van der Waals surface area contributed by atoms with E-state index in [2.05, 4.69) is 10.6 Å². The molecular formula is C14H18Cl2N2O3. The third-order valence-corrected chi connectivity index (χ3v) is 4.29. The van der Waals surface area contributed by atoms with Gasteiger partial charge in [0.15, 0.2) is 0 Å². The number of ether oxygens (including phenoxy) is 1. The number of halogens is 2. The highest BCUT2D eigenvalue weighted by Gasteiger charge is 2.32. The number of benzene rings is 1. The Bertz CT molecular complexity index is 519. The van der Waals surface area contributed by atoms with Gasteiger partial charge in [-0.3, -0.25) is 0 Å². The molecular weight excluding hydrogens is 315 g/mol. The van der Waals surface area contributed by atoms with Gasteiger partial charge in [-0.15, -0.1) is 0 Å². The van der Waals surface area contributed by atoms with Gasteiger partial charge in [-0.1, -0.05) is 35.3 Å². The highest BCUT2D eigenvalue weighted by atomic mass is 35.5. The van der Waals surface area contributed by atoms with Crippen molar-refractivity contribution in [1.29, 1.82) is 0 Å². The van der Waals surface area contributed by atoms with Crippen molar-refractivity contribution in [3.63, 3.8) is 0 Å². The molecule has 116 valence electrons. The van der Waals surface area contributed by atoms with Crippen LogP contribution in [-0.4, -0.2) is 36.5 Å². The van der Waals surface area contributed by atoms with Crippen LogP contribution < -0.4 is 10.6 Å². The Morgan fingerprint density at radius 3 is 2.95 bits per heavy atom. The Balaban J connectivity index is 1.88. The van der Waals surface area contributed by atoms with Gasteiger partial charge in [0.05, 0.1) is 29.2 Å². The van der Waals surface area contributed by atoms with Crippen LogP contribution in [0, 0.1) is 0 Å². The molecule has 3 N–H and O–H groups in total. The van der Waals surface area contributed by atoms with E-state index in [4.69, 9.17) is 27.9 Å². The van der Waals surface area contributed by atoms with Crippen molar-refractivity contribution < 1.29 is 14.6 Å². The van der Waals surface area contributed by atoms with Crippen LogP contribution in [0.25, 0.3) is 0 Å². The number of urea groups is 1. The van der Waals surface area contributed by atoms with E-state index in [-0.39, 0.29) is 25.2 Å². The molecule has 0 aliphatic carbocycles. The Morgan fingerprint density at radius 1 is 1.52 bits per heavy atom. The van der Waals surface area contributed by atoms with Gasteiger partial charge in [0.1, 0.15) is 5.60 Å². The summed E-state index contributed by atoms with van der Waals surface area (Å²) in [5, 5.41) is 16.3. The van der Waals surface area contributed by atoms with Crippen molar-refractivity contribution in [2.24, 2.45) is 0 Å². The largest absolute Gasteiger partial charge is 0.386 e. The quantitative estimate of drug-likeness (QED) is 0.793. The van der Waals surface area contributed by atoms with Crippen molar-refractivity contribution in [3.05, 3.63) is 33.8 Å². The van der Waals surface area contributed by atoms with E-state index >= 15 is 0 Å². The molecule has 2 rings (SSSR count). The summed E-state index contributed by atoms with van der Waals surface area (Å²) in [4.78, 5) is 11.9. The average Bonchev–Trinajstić information content (AvgIpc) is 2.87. The summed E-state index contributed by atoms with van der Waals surface area (Å²) in [6.45, 7) is 2.70. The van der Waals surface area contributed by atoms with E-state index in [0.717, 1.165) is 5.56 Å². The maximum Gasteiger partial charge on any atom is 0.315 e. The Hall–Kier alpha value is -1.01. The van der Waals surface area contributed by atoms with Crippen molar-refractivity contribution in [2.45, 2.75) is 25.0 Å². The fourth-order valence-corrected chi connectivity index (χ4v) is 2.63. The van der Waals surface area contributed by atoms with Crippen LogP contribution in [0.4, 0.5) is 4.79 Å². The average molecular weight is 333 g/mol. The minimum atomic E-state index is -0.978. The Labute approximate surface area is 133 Å². The van der Waals surface area contributed by atoms with Crippen LogP contribution in [0.15, 0.2) is 18.2 Å². The van der Waals surface area contributed by atoms with Crippen LogP contribution in [0.3, 0.4) is 0 Å². The zero-order chi connectivity index (χ0) is 15.5. The first kappa shape index (κ1) is 16.4. The van der Waals surface area contributed by atoms with Crippen LogP contribution in [-0.2, 0) is 4.74 Å². The topological polar surface area (TPSA) is 70.6 Å². The van der Waals surface area contributed by atoms with Gasteiger partial charge in [-0.05, 0) is 18.6 Å². The van der Waals surface area contributed by atoms with Crippen molar-refractivity contribution >= 4 is 29.2 Å². The molecule has 1 aliphatic heterocycles. The Kier molecular flexibility index (Phi) is 5.32. The van der Waals surface area contributed by atoms with E-state index in [1.54, 1.807) is 18.2 Å². The van der Waals surface area contributed by atoms with Gasteiger partial charge in [0.2, 0.25) is 0 Å². The van der Waals surface area contributed by atoms with Crippen LogP contribution in [0.1, 0.15) is 24.9 Å². The van der Waals surface area contributed by atoms with Gasteiger partial charge in [0.25, 0.3) is 0 Å². The van der Waals surface area contributed by atoms with E-state index in [1.807, 2.05) is 6.92 Å². The molecule has 0 unspecified atom stereocenters. The number of carbonyl (C=O) groups is 1. The lowest BCUT2D eigenvalue weighted by molar-refractivity contribution is 0.0291. The summed E-state index contributed by atoms with van der Waals surface area (Å²) in [5.74, 6) is 0. The van der Waals surface area contributed by atoms with E-state index in [9.17, 15) is 9.90 Å². The summed E-state index contributed by atoms with van der Waals surface area (Å²) in [6, 6.07) is 4.59. The zero-order valence-electron chi connectivity index (χ0n) is 11.7. The molecule has 5 nitrogen and oxygen atoms in total. The molecule has 0 saturated carbocycles. The molecule has 1 aromatic carbocycles. The van der Waals surface area contributed by atoms with E-state index in [0.29, 0.717) is 23.1 Å². The minimum Gasteiger partial charge on any atom is -0.386 e. The molecule has 2 amide bonds. The highest BCUT2D eigenvalue weighted by molar-refractivity contribution is 6.42. The van der Waals surface area contributed by atoms with Gasteiger partial charge in [-0.25, -0.2) is 4.79 Å². The smallest absolute Gasteiger partial charge is 0.315 e. The summed E-state index contributed by atoms with van der Waals surface area (Å²) in [7, 11) is 0. The predicted molar refractivity (Wildman–Crippen MR) is 81.8 cm³/mol. The summed E-state index contributed by atoms with van der Waals surface area (Å²) in [6.07, 6.45) is 0.517. The van der Waals surface area contributed by atoms with Crippen LogP contribution in [0.5, 0.6) is 0 Å². The molecule has 0 bridgehead atoms. The van der Waals surface area contributed by atoms with Crippen molar-refractivity contribution in [3.8, 4) is 0 Å². The normalized spacial score (nSPS) is 22.9. The zero-order valence-corrected chi connectivity index (χ0v) is 13.2. The monoisotopic (exact) mass is 332 g/mol. The van der Waals surface area contributed by atoms with Gasteiger partial charge >= 0.3 is 6.03 Å². The van der Waals surface area contributed by atoms with Crippen molar-refractivity contribution in [2.75, 3.05) is 19.8 Å². The molecule has 1 heterocycles. The first-order valence-electron chi connectivity index (χ1n) is 6.70. The lowest BCUT2D eigenvalue weighted by Crippen LogP contribution is -2.47. The van der Waals surface area contributed by atoms with Crippen LogP contribution in [0.2, 0.25) is 10.0 Å². The standard InChI is InChI=1S/C14H18Cl2N2O3/c1-9(10-3-2-4-11(15)12(10)16)18-13(19)17-7-14(20)5-6-21-8-14/h2-4,9,20H,5-8H2,1H3,(H2,17,18,19)/t9-,14-/m0/s1. The van der Waals surface area contributed by atoms with E-state index in [1.165, 1.54) is 0 Å². The SMILES string of the molecule is C[C@H](NC(=O)NC[C@@]1(O)CCOC1)c1cccc(Cl)c1Cl. The fourth-order valence-electron chi connectivity index (χ4n) is 2.16. The molecule has 0 aromatic heterocycles. The first-order valence-corrected chi connectivity index (χ1v) is 7.45. The lowest BCUT2D eigenvalue weighted by atomic mass is 10.0. The summed E-state index contributed by atoms with van der Waals surface area (Å²) >= 11 is 12.1. The number of nitrogens with one attached hydrogen (secondary N) is 2. The van der Waals surface area contributed by atoms with Gasteiger partial charge in [0, 0.05) is 13.0 Å². The number of hydrogen-bond acceptors (Lipinski definition) is 3. The molecule has 1 aromatic rings. The molecule has 1 fully saturated rings. The molecule has 1 saturated heterocycles. The number of aliphatic hydroxyl groups is 1. The van der Waals surface area contributed by atoms with Crippen molar-refractivity contribution in [1.82, 2.24) is 10.6 Å². The first-order chi connectivity index (χ1) is 9.91. The molecule has 1 aliphatic rings. The summed E-state index contributed by atoms with van der Waals surface area (Å²) in [5.41, 5.74) is -0.240. The molecule has 21 heavy (non-hydrogen) atoms. The molecule has 0 radical (unpaired) electrons. The second-order valence-corrected chi connectivity index (χ2v) is 6.00. The molecule has 0 spiro atoms. The highest BCUT2D eigenvalue weighted by Crippen LogP contribution is 2.29. The maximum absolute atomic E-state index is 11.9. The number of amides is 2. The van der Waals surface area contributed by atoms with Gasteiger partial charge in [-0.2, -0.15) is 0 Å². The predicted octanol–water partition coefficient (Wildman–Crippen LogP) is 2.51. The van der Waals surface area contributed by atoms with E-state index < -0.39 is 5.60 Å². The fraction of sp³-hybridized carbons (Fsp3) is 0.500. The third-order valence-electron chi connectivity index (χ3n) is 3.46. The Morgan fingerprint density at radius 2 is 2.29 bits per heavy atom. The second kappa shape index (κ2) is 6.83. The van der Waals surface area contributed by atoms with Gasteiger partial charge < -0.3 is 20.5 Å². The minimum absolute atomic E-state index is 0.148. The number of hydrogen-bond donors (Lipinski definition) is 3. The lowest BCUT2D eigenvalue weighted by Gasteiger charge is -2.22. The molecule has 2 atom stereocenters. The van der Waals surface area contributed by atoms with Crippen LogP contribution >= 0.6 is 23.2 Å². The summed E-state index contributed by atoms with van der Waals surface area (Å²) < 4.78 is 5.12. The number of rotatable bonds is 4. The number of carbonyl (C=O) groups excluding carboxylic acids is 1. The maximum atomic E-state index is 11.9. The third kappa shape index (κ3) is 4.23. The second-order valence-electron chi connectivity index (χ2n) is 5.22. The molecule has 7 heteroatoms.